The van der Waals surface area contributed by atoms with Gasteiger partial charge in [0.1, 0.15) is 12.3 Å². The summed E-state index contributed by atoms with van der Waals surface area (Å²) in [6, 6.07) is 8.83. The van der Waals surface area contributed by atoms with Gasteiger partial charge in [0.2, 0.25) is 5.91 Å². The van der Waals surface area contributed by atoms with Crippen molar-refractivity contribution in [2.75, 3.05) is 7.11 Å². The molecule has 0 unspecified atom stereocenters. The molecule has 0 bridgehead atoms. The van der Waals surface area contributed by atoms with Crippen molar-refractivity contribution in [1.29, 1.82) is 0 Å². The van der Waals surface area contributed by atoms with Gasteiger partial charge >= 0.3 is 0 Å². The molecule has 0 atom stereocenters. The van der Waals surface area contributed by atoms with Crippen LogP contribution in [0, 0.1) is 6.92 Å². The van der Waals surface area contributed by atoms with E-state index in [1.165, 1.54) is 17.0 Å². The minimum atomic E-state index is -0.245. The molecule has 1 aromatic carbocycles. The Hall–Kier alpha value is -2.63. The fourth-order valence-corrected chi connectivity index (χ4v) is 1.83. The molecule has 110 valence electrons. The third-order valence-electron chi connectivity index (χ3n) is 2.95. The summed E-state index contributed by atoms with van der Waals surface area (Å²) in [5, 5.41) is 2.76. The quantitative estimate of drug-likeness (QED) is 0.886. The lowest BCUT2D eigenvalue weighted by atomic mass is 10.2. The molecular formula is C15H17N3O3. The number of carbonyl (C=O) groups excluding carboxylic acids is 1. The van der Waals surface area contributed by atoms with E-state index in [2.05, 4.69) is 10.3 Å². The van der Waals surface area contributed by atoms with Crippen LogP contribution in [0.3, 0.4) is 0 Å². The van der Waals surface area contributed by atoms with Gasteiger partial charge in [-0.2, -0.15) is 0 Å². The number of aromatic nitrogens is 2. The normalized spacial score (nSPS) is 10.2. The summed E-state index contributed by atoms with van der Waals surface area (Å²) in [6.45, 7) is 2.06. The predicted molar refractivity (Wildman–Crippen MR) is 78.1 cm³/mol. The zero-order valence-corrected chi connectivity index (χ0v) is 12.0. The first-order valence-electron chi connectivity index (χ1n) is 6.51. The zero-order chi connectivity index (χ0) is 15.2. The number of nitrogens with zero attached hydrogens (tertiary/aromatic N) is 2. The van der Waals surface area contributed by atoms with E-state index >= 15 is 0 Å². The molecule has 1 N–H and O–H groups in total. The molecule has 0 fully saturated rings. The van der Waals surface area contributed by atoms with Crippen LogP contribution in [-0.2, 0) is 17.9 Å². The minimum absolute atomic E-state index is 0.0456. The fourth-order valence-electron chi connectivity index (χ4n) is 1.83. The van der Waals surface area contributed by atoms with Gasteiger partial charge in [0, 0.05) is 18.3 Å². The molecule has 1 amide bonds. The monoisotopic (exact) mass is 287 g/mol. The third-order valence-corrected chi connectivity index (χ3v) is 2.95. The molecule has 0 aliphatic heterocycles. The highest BCUT2D eigenvalue weighted by Crippen LogP contribution is 2.11. The number of carbonyl (C=O) groups is 1. The molecule has 6 nitrogen and oxygen atoms in total. The molecule has 0 aliphatic rings. The van der Waals surface area contributed by atoms with Crippen LogP contribution in [0.2, 0.25) is 0 Å². The molecule has 6 heteroatoms. The number of aryl methyl sites for hydroxylation is 1. The molecule has 21 heavy (non-hydrogen) atoms. The van der Waals surface area contributed by atoms with Crippen molar-refractivity contribution in [3.8, 4) is 5.75 Å². The van der Waals surface area contributed by atoms with Crippen molar-refractivity contribution in [1.82, 2.24) is 14.9 Å². The van der Waals surface area contributed by atoms with Crippen LogP contribution in [0.5, 0.6) is 5.75 Å². The lowest BCUT2D eigenvalue weighted by Crippen LogP contribution is -2.32. The molecule has 2 aromatic rings. The second-order valence-electron chi connectivity index (χ2n) is 4.62. The fraction of sp³-hybridized carbons (Fsp3) is 0.267. The van der Waals surface area contributed by atoms with Crippen LogP contribution in [0.1, 0.15) is 11.3 Å². The first-order chi connectivity index (χ1) is 10.1. The molecule has 0 aliphatic carbocycles. The van der Waals surface area contributed by atoms with Crippen LogP contribution < -0.4 is 15.6 Å². The Labute approximate surface area is 122 Å². The van der Waals surface area contributed by atoms with Crippen molar-refractivity contribution in [2.45, 2.75) is 20.0 Å². The molecule has 0 spiro atoms. The van der Waals surface area contributed by atoms with Crippen molar-refractivity contribution < 1.29 is 9.53 Å². The highest BCUT2D eigenvalue weighted by molar-refractivity contribution is 5.75. The summed E-state index contributed by atoms with van der Waals surface area (Å²) in [4.78, 5) is 27.5. The Morgan fingerprint density at radius 2 is 2.19 bits per heavy atom. The average molecular weight is 287 g/mol. The maximum absolute atomic E-state index is 11.8. The second-order valence-corrected chi connectivity index (χ2v) is 4.62. The number of amides is 1. The summed E-state index contributed by atoms with van der Waals surface area (Å²) >= 11 is 0. The Balaban J connectivity index is 1.94. The van der Waals surface area contributed by atoms with Gasteiger partial charge in [-0.3, -0.25) is 14.2 Å². The van der Waals surface area contributed by atoms with E-state index < -0.39 is 0 Å². The van der Waals surface area contributed by atoms with Gasteiger partial charge in [-0.25, -0.2) is 4.98 Å². The van der Waals surface area contributed by atoms with E-state index in [0.717, 1.165) is 11.3 Å². The lowest BCUT2D eigenvalue weighted by Gasteiger charge is -2.08. The van der Waals surface area contributed by atoms with E-state index in [9.17, 15) is 9.59 Å². The first-order valence-corrected chi connectivity index (χ1v) is 6.51. The number of rotatable bonds is 5. The standard InChI is InChI=1S/C15H17N3O3/c1-11-6-15(20)18(10-17-11)9-14(19)16-8-12-4-3-5-13(7-12)21-2/h3-7,10H,8-9H2,1-2H3,(H,16,19). The molecule has 1 aromatic heterocycles. The van der Waals surface area contributed by atoms with Crippen molar-refractivity contribution >= 4 is 5.91 Å². The Bertz CT molecular complexity index is 695. The van der Waals surface area contributed by atoms with Crippen molar-refractivity contribution in [3.05, 3.63) is 58.3 Å². The van der Waals surface area contributed by atoms with Gasteiger partial charge in [0.05, 0.1) is 13.4 Å². The molecule has 1 heterocycles. The van der Waals surface area contributed by atoms with E-state index in [1.54, 1.807) is 14.0 Å². The summed E-state index contributed by atoms with van der Waals surface area (Å²) in [6.07, 6.45) is 1.38. The van der Waals surface area contributed by atoms with Crippen LogP contribution in [0.25, 0.3) is 0 Å². The topological polar surface area (TPSA) is 73.2 Å². The van der Waals surface area contributed by atoms with E-state index in [0.29, 0.717) is 12.2 Å². The van der Waals surface area contributed by atoms with Gasteiger partial charge in [0.15, 0.2) is 0 Å². The van der Waals surface area contributed by atoms with Crippen molar-refractivity contribution in [2.24, 2.45) is 0 Å². The maximum atomic E-state index is 11.8. The summed E-state index contributed by atoms with van der Waals surface area (Å²) in [5.41, 5.74) is 1.32. The number of ether oxygens (including phenoxy) is 1. The average Bonchev–Trinajstić information content (AvgIpc) is 2.48. The lowest BCUT2D eigenvalue weighted by molar-refractivity contribution is -0.121. The van der Waals surface area contributed by atoms with Gasteiger partial charge in [-0.15, -0.1) is 0 Å². The predicted octanol–water partition coefficient (Wildman–Crippen LogP) is 0.877. The SMILES string of the molecule is COc1cccc(CNC(=O)Cn2cnc(C)cc2=O)c1. The molecule has 0 saturated carbocycles. The van der Waals surface area contributed by atoms with E-state index in [4.69, 9.17) is 4.74 Å². The highest BCUT2D eigenvalue weighted by atomic mass is 16.5. The maximum Gasteiger partial charge on any atom is 0.253 e. The smallest absolute Gasteiger partial charge is 0.253 e. The number of methoxy groups -OCH3 is 1. The Kier molecular flexibility index (Phi) is 4.71. The number of benzene rings is 1. The molecule has 2 rings (SSSR count). The van der Waals surface area contributed by atoms with Crippen LogP contribution in [0.15, 0.2) is 41.5 Å². The number of hydrogen-bond acceptors (Lipinski definition) is 4. The van der Waals surface area contributed by atoms with Crippen LogP contribution in [-0.4, -0.2) is 22.6 Å². The summed E-state index contributed by atoms with van der Waals surface area (Å²) in [5.74, 6) is 0.492. The number of nitrogens with one attached hydrogen (secondary N) is 1. The van der Waals surface area contributed by atoms with Gasteiger partial charge in [-0.05, 0) is 24.6 Å². The minimum Gasteiger partial charge on any atom is -0.497 e. The Morgan fingerprint density at radius 1 is 1.38 bits per heavy atom. The van der Waals surface area contributed by atoms with Gasteiger partial charge < -0.3 is 10.1 Å². The van der Waals surface area contributed by atoms with Gasteiger partial charge in [0.25, 0.3) is 5.56 Å². The largest absolute Gasteiger partial charge is 0.497 e. The van der Waals surface area contributed by atoms with Crippen molar-refractivity contribution in [3.63, 3.8) is 0 Å². The highest BCUT2D eigenvalue weighted by Gasteiger charge is 2.05. The Morgan fingerprint density at radius 3 is 2.90 bits per heavy atom. The summed E-state index contributed by atoms with van der Waals surface area (Å²) < 4.78 is 6.39. The third kappa shape index (κ3) is 4.17. The second kappa shape index (κ2) is 6.69. The van der Waals surface area contributed by atoms with E-state index in [-0.39, 0.29) is 18.0 Å². The van der Waals surface area contributed by atoms with Crippen LogP contribution >= 0.6 is 0 Å². The summed E-state index contributed by atoms with van der Waals surface area (Å²) in [7, 11) is 1.59. The molecule has 0 saturated heterocycles. The first kappa shape index (κ1) is 14.8. The number of hydrogen-bond donors (Lipinski definition) is 1. The van der Waals surface area contributed by atoms with Crippen LogP contribution in [0.4, 0.5) is 0 Å². The van der Waals surface area contributed by atoms with Gasteiger partial charge in [-0.1, -0.05) is 12.1 Å². The van der Waals surface area contributed by atoms with E-state index in [1.807, 2.05) is 24.3 Å². The molecular weight excluding hydrogens is 270 g/mol. The molecule has 0 radical (unpaired) electrons. The zero-order valence-electron chi connectivity index (χ0n) is 12.0.